The molecular formula is C11H9Br2NO3. The molecule has 0 bridgehead atoms. The molecule has 4 nitrogen and oxygen atoms in total. The van der Waals surface area contributed by atoms with Crippen molar-refractivity contribution in [2.45, 2.75) is 3.74 Å². The molecule has 0 aliphatic carbocycles. The molecule has 0 N–H and O–H groups in total. The van der Waals surface area contributed by atoms with Crippen molar-refractivity contribution in [3.8, 4) is 0 Å². The van der Waals surface area contributed by atoms with Gasteiger partial charge in [0.1, 0.15) is 12.1 Å². The molecule has 17 heavy (non-hydrogen) atoms. The number of ketones is 1. The summed E-state index contributed by atoms with van der Waals surface area (Å²) in [6.45, 7) is -0.0133. The number of hydrogen-bond donors (Lipinski definition) is 0. The number of benzene rings is 1. The van der Waals surface area contributed by atoms with Gasteiger partial charge in [0.15, 0.2) is 0 Å². The molecule has 0 radical (unpaired) electrons. The third-order valence-corrected chi connectivity index (χ3v) is 3.34. The lowest BCUT2D eigenvalue weighted by atomic mass is 10.1. The number of fused-ring (bicyclic) bond motifs is 1. The van der Waals surface area contributed by atoms with Crippen LogP contribution in [0.1, 0.15) is 19.9 Å². The molecule has 2 aromatic rings. The number of Topliss-reactive ketones (excluding diaryl/α,β-unsaturated/α-hetero) is 1. The first-order chi connectivity index (χ1) is 8.13. The second-order valence-corrected chi connectivity index (χ2v) is 6.51. The highest BCUT2D eigenvalue weighted by molar-refractivity contribution is 9.24. The first-order valence-electron chi connectivity index (χ1n) is 4.83. The Morgan fingerprint density at radius 1 is 1.53 bits per heavy atom. The molecule has 1 aromatic carbocycles. The highest BCUT2D eigenvalue weighted by Gasteiger charge is 2.17. The summed E-state index contributed by atoms with van der Waals surface area (Å²) >= 11 is 6.81. The lowest BCUT2D eigenvalue weighted by Crippen LogP contribution is -2.06. The Labute approximate surface area is 115 Å². The standard InChI is InChI=1S/C11H9Br2NO3/c1-16-5-9(15)10-7-4-6(11(12)13)2-3-8(7)14-17-10/h2-4,11H,5H2,1H3. The van der Waals surface area contributed by atoms with Crippen molar-refractivity contribution in [1.29, 1.82) is 0 Å². The molecule has 0 aliphatic heterocycles. The van der Waals surface area contributed by atoms with Gasteiger partial charge in [-0.3, -0.25) is 4.79 Å². The fourth-order valence-corrected chi connectivity index (χ4v) is 2.06. The van der Waals surface area contributed by atoms with E-state index in [4.69, 9.17) is 9.26 Å². The Balaban J connectivity index is 2.50. The van der Waals surface area contributed by atoms with Crippen molar-refractivity contribution in [2.75, 3.05) is 13.7 Å². The number of hydrogen-bond acceptors (Lipinski definition) is 4. The van der Waals surface area contributed by atoms with Crippen molar-refractivity contribution in [3.05, 3.63) is 29.5 Å². The fraction of sp³-hybridized carbons (Fsp3) is 0.273. The predicted octanol–water partition coefficient (Wildman–Crippen LogP) is 3.45. The second kappa shape index (κ2) is 5.29. The zero-order valence-electron chi connectivity index (χ0n) is 8.94. The maximum atomic E-state index is 11.7. The minimum Gasteiger partial charge on any atom is -0.376 e. The third kappa shape index (κ3) is 2.59. The zero-order chi connectivity index (χ0) is 12.4. The minimum atomic E-state index is -0.215. The van der Waals surface area contributed by atoms with E-state index in [2.05, 4.69) is 37.0 Å². The summed E-state index contributed by atoms with van der Waals surface area (Å²) in [5, 5.41) is 4.54. The zero-order valence-corrected chi connectivity index (χ0v) is 12.1. The van der Waals surface area contributed by atoms with E-state index in [9.17, 15) is 4.79 Å². The van der Waals surface area contributed by atoms with Gasteiger partial charge in [-0.2, -0.15) is 0 Å². The lowest BCUT2D eigenvalue weighted by molar-refractivity contribution is 0.0813. The molecule has 0 amide bonds. The normalized spacial score (nSPS) is 11.3. The number of aromatic nitrogens is 1. The summed E-state index contributed by atoms with van der Waals surface area (Å²) in [5.74, 6) is 0.0252. The van der Waals surface area contributed by atoms with Crippen molar-refractivity contribution in [2.24, 2.45) is 0 Å². The van der Waals surface area contributed by atoms with Crippen molar-refractivity contribution >= 4 is 48.5 Å². The van der Waals surface area contributed by atoms with E-state index in [1.807, 2.05) is 18.2 Å². The van der Waals surface area contributed by atoms with Gasteiger partial charge in [0, 0.05) is 7.11 Å². The first-order valence-corrected chi connectivity index (χ1v) is 6.66. The monoisotopic (exact) mass is 361 g/mol. The summed E-state index contributed by atoms with van der Waals surface area (Å²) in [6, 6.07) is 5.58. The van der Waals surface area contributed by atoms with Crippen LogP contribution in [-0.4, -0.2) is 24.7 Å². The summed E-state index contributed by atoms with van der Waals surface area (Å²) in [4.78, 5) is 11.7. The van der Waals surface area contributed by atoms with Crippen molar-refractivity contribution in [3.63, 3.8) is 0 Å². The van der Waals surface area contributed by atoms with Crippen LogP contribution in [-0.2, 0) is 4.74 Å². The van der Waals surface area contributed by atoms with E-state index in [1.54, 1.807) is 0 Å². The van der Waals surface area contributed by atoms with E-state index in [0.29, 0.717) is 10.9 Å². The maximum absolute atomic E-state index is 11.7. The van der Waals surface area contributed by atoms with Crippen LogP contribution in [0.5, 0.6) is 0 Å². The van der Waals surface area contributed by atoms with Crippen LogP contribution in [0.25, 0.3) is 10.9 Å². The number of halogens is 2. The van der Waals surface area contributed by atoms with Gasteiger partial charge in [0.05, 0.1) is 9.12 Å². The van der Waals surface area contributed by atoms with Crippen LogP contribution >= 0.6 is 31.9 Å². The molecule has 0 unspecified atom stereocenters. The summed E-state index contributed by atoms with van der Waals surface area (Å²) in [5.41, 5.74) is 1.65. The summed E-state index contributed by atoms with van der Waals surface area (Å²) in [7, 11) is 1.47. The molecule has 1 aromatic heterocycles. The van der Waals surface area contributed by atoms with Gasteiger partial charge >= 0.3 is 0 Å². The van der Waals surface area contributed by atoms with E-state index < -0.39 is 0 Å². The van der Waals surface area contributed by atoms with Crippen LogP contribution in [0, 0.1) is 0 Å². The van der Waals surface area contributed by atoms with Crippen LogP contribution in [0.2, 0.25) is 0 Å². The van der Waals surface area contributed by atoms with Crippen molar-refractivity contribution < 1.29 is 14.1 Å². The molecule has 0 spiro atoms. The van der Waals surface area contributed by atoms with E-state index >= 15 is 0 Å². The van der Waals surface area contributed by atoms with Crippen LogP contribution in [0.4, 0.5) is 0 Å². The fourth-order valence-electron chi connectivity index (χ4n) is 1.49. The Kier molecular flexibility index (Phi) is 3.96. The number of carbonyl (C=O) groups is 1. The summed E-state index contributed by atoms with van der Waals surface area (Å²) < 4.78 is 9.88. The average molecular weight is 363 g/mol. The van der Waals surface area contributed by atoms with Gasteiger partial charge < -0.3 is 9.26 Å². The van der Waals surface area contributed by atoms with Gasteiger partial charge in [0.25, 0.3) is 0 Å². The number of rotatable bonds is 4. The highest BCUT2D eigenvalue weighted by atomic mass is 79.9. The van der Waals surface area contributed by atoms with Gasteiger partial charge in [-0.25, -0.2) is 0 Å². The molecule has 1 heterocycles. The molecule has 6 heteroatoms. The molecule has 90 valence electrons. The van der Waals surface area contributed by atoms with Crippen LogP contribution in [0.3, 0.4) is 0 Å². The number of ether oxygens (including phenoxy) is 1. The Morgan fingerprint density at radius 3 is 2.94 bits per heavy atom. The third-order valence-electron chi connectivity index (χ3n) is 2.28. The minimum absolute atomic E-state index is 0.0133. The second-order valence-electron chi connectivity index (χ2n) is 3.45. The Bertz CT molecular complexity index is 551. The molecule has 0 aliphatic rings. The van der Waals surface area contributed by atoms with Gasteiger partial charge in [-0.15, -0.1) is 0 Å². The van der Waals surface area contributed by atoms with Crippen LogP contribution in [0.15, 0.2) is 22.7 Å². The van der Waals surface area contributed by atoms with E-state index in [-0.39, 0.29) is 21.9 Å². The number of carbonyl (C=O) groups excluding carboxylic acids is 1. The Morgan fingerprint density at radius 2 is 2.29 bits per heavy atom. The largest absolute Gasteiger partial charge is 0.376 e. The molecule has 0 fully saturated rings. The molecule has 2 rings (SSSR count). The van der Waals surface area contributed by atoms with Crippen LogP contribution < -0.4 is 0 Å². The van der Waals surface area contributed by atoms with Gasteiger partial charge in [-0.05, 0) is 17.7 Å². The predicted molar refractivity (Wildman–Crippen MR) is 70.8 cm³/mol. The first kappa shape index (κ1) is 12.7. The Hall–Kier alpha value is -0.720. The van der Waals surface area contributed by atoms with Crippen molar-refractivity contribution in [1.82, 2.24) is 5.16 Å². The molecule has 0 saturated carbocycles. The molecular weight excluding hydrogens is 354 g/mol. The van der Waals surface area contributed by atoms with E-state index in [0.717, 1.165) is 5.56 Å². The van der Waals surface area contributed by atoms with E-state index in [1.165, 1.54) is 7.11 Å². The molecule has 0 atom stereocenters. The summed E-state index contributed by atoms with van der Waals surface area (Å²) in [6.07, 6.45) is 0. The lowest BCUT2D eigenvalue weighted by Gasteiger charge is -2.01. The number of methoxy groups -OCH3 is 1. The van der Waals surface area contributed by atoms with Gasteiger partial charge in [-0.1, -0.05) is 43.1 Å². The highest BCUT2D eigenvalue weighted by Crippen LogP contribution is 2.32. The quantitative estimate of drug-likeness (QED) is 0.617. The number of alkyl halides is 2. The average Bonchev–Trinajstić information content (AvgIpc) is 2.71. The smallest absolute Gasteiger partial charge is 0.227 e. The SMILES string of the molecule is COCC(=O)c1onc2ccc(C(Br)Br)cc12. The van der Waals surface area contributed by atoms with Gasteiger partial charge in [0.2, 0.25) is 11.5 Å². The number of nitrogens with zero attached hydrogens (tertiary/aromatic N) is 1. The molecule has 0 saturated heterocycles. The maximum Gasteiger partial charge on any atom is 0.227 e. The topological polar surface area (TPSA) is 52.3 Å².